The molecule has 0 bridgehead atoms. The van der Waals surface area contributed by atoms with E-state index in [0.717, 1.165) is 16.7 Å². The van der Waals surface area contributed by atoms with Crippen molar-refractivity contribution in [3.05, 3.63) is 29.8 Å². The van der Waals surface area contributed by atoms with E-state index in [1.807, 2.05) is 12.1 Å². The monoisotopic (exact) mass is 206 g/mol. The van der Waals surface area contributed by atoms with Gasteiger partial charge >= 0.3 is 0 Å². The van der Waals surface area contributed by atoms with Gasteiger partial charge in [-0.3, -0.25) is 4.79 Å². The molecule has 1 aromatic rings. The van der Waals surface area contributed by atoms with Crippen LogP contribution in [-0.2, 0) is 0 Å². The summed E-state index contributed by atoms with van der Waals surface area (Å²) in [5, 5.41) is 8.61. The minimum Gasteiger partial charge on any atom is -0.339 e. The first-order valence-electron chi connectivity index (χ1n) is 4.03. The first kappa shape index (κ1) is 10.6. The van der Waals surface area contributed by atoms with Crippen molar-refractivity contribution in [2.75, 3.05) is 14.1 Å². The van der Waals surface area contributed by atoms with Crippen LogP contribution < -0.4 is 0 Å². The zero-order chi connectivity index (χ0) is 10.6. The number of nitriles is 1. The van der Waals surface area contributed by atoms with Gasteiger partial charge < -0.3 is 4.90 Å². The molecule has 1 rings (SSSR count). The first-order chi connectivity index (χ1) is 6.63. The van der Waals surface area contributed by atoms with Crippen LogP contribution in [0.1, 0.15) is 5.56 Å². The third-order valence-electron chi connectivity index (χ3n) is 1.53. The van der Waals surface area contributed by atoms with Gasteiger partial charge in [0.1, 0.15) is 0 Å². The van der Waals surface area contributed by atoms with Crippen LogP contribution in [0.3, 0.4) is 0 Å². The van der Waals surface area contributed by atoms with Gasteiger partial charge in [-0.15, -0.1) is 0 Å². The average Bonchev–Trinajstić information content (AvgIpc) is 2.18. The molecule has 0 radical (unpaired) electrons. The van der Waals surface area contributed by atoms with Gasteiger partial charge in [0.05, 0.1) is 11.6 Å². The van der Waals surface area contributed by atoms with E-state index < -0.39 is 0 Å². The lowest BCUT2D eigenvalue weighted by molar-refractivity contribution is 0.241. The Kier molecular flexibility index (Phi) is 3.55. The molecular weight excluding hydrogens is 196 g/mol. The zero-order valence-corrected chi connectivity index (χ0v) is 8.84. The molecule has 0 heterocycles. The van der Waals surface area contributed by atoms with Crippen molar-refractivity contribution in [3.8, 4) is 6.07 Å². The minimum absolute atomic E-state index is 0.0416. The van der Waals surface area contributed by atoms with E-state index in [-0.39, 0.29) is 5.24 Å². The van der Waals surface area contributed by atoms with Crippen molar-refractivity contribution in [1.82, 2.24) is 4.90 Å². The van der Waals surface area contributed by atoms with E-state index in [1.165, 1.54) is 4.90 Å². The second-order valence-corrected chi connectivity index (χ2v) is 3.93. The quantitative estimate of drug-likeness (QED) is 0.662. The van der Waals surface area contributed by atoms with Crippen LogP contribution in [0.5, 0.6) is 0 Å². The Morgan fingerprint density at radius 3 is 2.79 bits per heavy atom. The van der Waals surface area contributed by atoms with Crippen molar-refractivity contribution in [1.29, 1.82) is 5.26 Å². The fourth-order valence-corrected chi connectivity index (χ4v) is 1.54. The molecule has 4 heteroatoms. The van der Waals surface area contributed by atoms with Crippen LogP contribution in [0, 0.1) is 11.3 Å². The molecule has 3 nitrogen and oxygen atoms in total. The summed E-state index contributed by atoms with van der Waals surface area (Å²) in [5.41, 5.74) is 0.571. The van der Waals surface area contributed by atoms with E-state index in [2.05, 4.69) is 0 Å². The Morgan fingerprint density at radius 1 is 1.50 bits per heavy atom. The highest BCUT2D eigenvalue weighted by Crippen LogP contribution is 2.21. The fourth-order valence-electron chi connectivity index (χ4n) is 0.821. The summed E-state index contributed by atoms with van der Waals surface area (Å²) in [5.74, 6) is 0. The summed E-state index contributed by atoms with van der Waals surface area (Å²) in [6.07, 6.45) is 0. The fraction of sp³-hybridized carbons (Fsp3) is 0.200. The summed E-state index contributed by atoms with van der Waals surface area (Å²) in [4.78, 5) is 13.6. The second-order valence-electron chi connectivity index (χ2n) is 2.90. The first-order valence-corrected chi connectivity index (χ1v) is 4.84. The van der Waals surface area contributed by atoms with E-state index >= 15 is 0 Å². The average molecular weight is 206 g/mol. The highest BCUT2D eigenvalue weighted by atomic mass is 32.2. The van der Waals surface area contributed by atoms with Gasteiger partial charge in [-0.05, 0) is 30.0 Å². The van der Waals surface area contributed by atoms with Crippen LogP contribution in [0.2, 0.25) is 0 Å². The number of carbonyl (C=O) groups is 1. The van der Waals surface area contributed by atoms with Crippen molar-refractivity contribution >= 4 is 17.0 Å². The normalized spacial score (nSPS) is 9.21. The van der Waals surface area contributed by atoms with Crippen LogP contribution in [0.25, 0.3) is 0 Å². The third-order valence-corrected chi connectivity index (χ3v) is 2.56. The van der Waals surface area contributed by atoms with Crippen LogP contribution in [-0.4, -0.2) is 24.2 Å². The number of hydrogen-bond donors (Lipinski definition) is 0. The molecule has 0 aliphatic carbocycles. The summed E-state index contributed by atoms with van der Waals surface area (Å²) in [6, 6.07) is 9.02. The lowest BCUT2D eigenvalue weighted by Crippen LogP contribution is -2.15. The maximum atomic E-state index is 11.3. The molecule has 0 aliphatic heterocycles. The Hall–Kier alpha value is -1.47. The van der Waals surface area contributed by atoms with E-state index in [4.69, 9.17) is 5.26 Å². The van der Waals surface area contributed by atoms with Crippen LogP contribution in [0.15, 0.2) is 29.2 Å². The minimum atomic E-state index is -0.0416. The lowest BCUT2D eigenvalue weighted by Gasteiger charge is -2.08. The smallest absolute Gasteiger partial charge is 0.285 e. The summed E-state index contributed by atoms with van der Waals surface area (Å²) < 4.78 is 0. The topological polar surface area (TPSA) is 44.1 Å². The lowest BCUT2D eigenvalue weighted by atomic mass is 10.2. The van der Waals surface area contributed by atoms with Crippen LogP contribution >= 0.6 is 11.8 Å². The van der Waals surface area contributed by atoms with E-state index in [9.17, 15) is 4.79 Å². The molecule has 0 saturated heterocycles. The SMILES string of the molecule is CN(C)C(=O)Sc1cccc(C#N)c1. The third kappa shape index (κ3) is 2.79. The van der Waals surface area contributed by atoms with Crippen molar-refractivity contribution in [2.24, 2.45) is 0 Å². The summed E-state index contributed by atoms with van der Waals surface area (Å²) >= 11 is 1.12. The molecule has 0 aromatic heterocycles. The number of hydrogen-bond acceptors (Lipinski definition) is 3. The van der Waals surface area contributed by atoms with Crippen molar-refractivity contribution < 1.29 is 4.79 Å². The molecule has 1 amide bonds. The van der Waals surface area contributed by atoms with Gasteiger partial charge in [0.25, 0.3) is 5.24 Å². The largest absolute Gasteiger partial charge is 0.339 e. The van der Waals surface area contributed by atoms with E-state index in [1.54, 1.807) is 32.3 Å². The van der Waals surface area contributed by atoms with Gasteiger partial charge in [0, 0.05) is 19.0 Å². The molecule has 0 saturated carbocycles. The van der Waals surface area contributed by atoms with Gasteiger partial charge in [0.15, 0.2) is 0 Å². The van der Waals surface area contributed by atoms with Gasteiger partial charge in [0.2, 0.25) is 0 Å². The Balaban J connectivity index is 2.78. The number of amides is 1. The number of carbonyl (C=O) groups excluding carboxylic acids is 1. The van der Waals surface area contributed by atoms with E-state index in [0.29, 0.717) is 5.56 Å². The molecule has 0 aliphatic rings. The van der Waals surface area contributed by atoms with Gasteiger partial charge in [-0.25, -0.2) is 0 Å². The number of benzene rings is 1. The molecule has 1 aromatic carbocycles. The second kappa shape index (κ2) is 4.68. The predicted molar refractivity (Wildman–Crippen MR) is 56.1 cm³/mol. The Bertz CT molecular complexity index is 382. The maximum absolute atomic E-state index is 11.3. The molecule has 0 unspecified atom stereocenters. The Morgan fingerprint density at radius 2 is 2.21 bits per heavy atom. The molecule has 72 valence electrons. The highest BCUT2D eigenvalue weighted by molar-refractivity contribution is 8.13. The predicted octanol–water partition coefficient (Wildman–Crippen LogP) is 2.33. The summed E-state index contributed by atoms with van der Waals surface area (Å²) in [7, 11) is 3.40. The number of nitrogens with zero attached hydrogens (tertiary/aromatic N) is 2. The zero-order valence-electron chi connectivity index (χ0n) is 8.02. The molecule has 14 heavy (non-hydrogen) atoms. The van der Waals surface area contributed by atoms with Gasteiger partial charge in [-0.2, -0.15) is 5.26 Å². The highest BCUT2D eigenvalue weighted by Gasteiger charge is 2.06. The molecule has 0 spiro atoms. The molecular formula is C10H10N2OS. The molecule has 0 atom stereocenters. The van der Waals surface area contributed by atoms with Crippen molar-refractivity contribution in [3.63, 3.8) is 0 Å². The van der Waals surface area contributed by atoms with Gasteiger partial charge in [-0.1, -0.05) is 6.07 Å². The Labute approximate surface area is 87.3 Å². The maximum Gasteiger partial charge on any atom is 0.285 e. The summed E-state index contributed by atoms with van der Waals surface area (Å²) in [6.45, 7) is 0. The van der Waals surface area contributed by atoms with Crippen molar-refractivity contribution in [2.45, 2.75) is 4.90 Å². The standard InChI is InChI=1S/C10H10N2OS/c1-12(2)10(13)14-9-5-3-4-8(6-9)7-11/h3-6H,1-2H3. The number of rotatable bonds is 1. The molecule has 0 fully saturated rings. The molecule has 0 N–H and O–H groups in total. The van der Waals surface area contributed by atoms with Crippen LogP contribution in [0.4, 0.5) is 4.79 Å². The number of thioether (sulfide) groups is 1.